The lowest BCUT2D eigenvalue weighted by molar-refractivity contribution is -0.153. The number of hydrogen-bond donors (Lipinski definition) is 1. The number of ether oxygens (including phenoxy) is 1. The number of carbonyl (C=O) groups excluding carboxylic acids is 3. The monoisotopic (exact) mass is 517 g/mol. The number of anilines is 1. The number of sulfonamides is 1. The molecular weight excluding hydrogens is 486 g/mol. The zero-order chi connectivity index (χ0) is 25.7. The Kier molecular flexibility index (Phi) is 9.20. The van der Waals surface area contributed by atoms with Crippen molar-refractivity contribution in [1.29, 1.82) is 0 Å². The Morgan fingerprint density at radius 2 is 1.79 bits per heavy atom. The molecule has 0 aromatic heterocycles. The Hall–Kier alpha value is -2.51. The molecule has 0 radical (unpaired) electrons. The van der Waals surface area contributed by atoms with E-state index in [9.17, 15) is 31.2 Å². The van der Waals surface area contributed by atoms with E-state index in [0.29, 0.717) is 18.7 Å². The number of hydrogen-bond acceptors (Lipinski definition) is 8. The standard InChI is InChI=1S/C21H31N3O8S2/c1-15(2)11-24(18-9-10-33(28,29)14-18)20(26)13-32-21(27)12-23(4)34(30,31)19-7-5-17(6-8-19)22-16(3)25/h5-8,15,18H,9-14H2,1-4H3,(H,22,25)/t18-/m0/s1. The fraction of sp³-hybridized carbons (Fsp3) is 0.571. The van der Waals surface area contributed by atoms with Crippen molar-refractivity contribution in [3.8, 4) is 0 Å². The van der Waals surface area contributed by atoms with Crippen molar-refractivity contribution in [1.82, 2.24) is 9.21 Å². The SMILES string of the molecule is CC(=O)Nc1ccc(S(=O)(=O)N(C)CC(=O)OCC(=O)N(CC(C)C)[C@H]2CCS(=O)(=O)C2)cc1. The van der Waals surface area contributed by atoms with Gasteiger partial charge in [-0.25, -0.2) is 16.8 Å². The number of esters is 1. The molecule has 1 atom stereocenters. The quantitative estimate of drug-likeness (QED) is 0.441. The second kappa shape index (κ2) is 11.3. The molecule has 1 aromatic rings. The van der Waals surface area contributed by atoms with Crippen molar-refractivity contribution in [2.24, 2.45) is 5.92 Å². The van der Waals surface area contributed by atoms with Crippen LogP contribution in [0.4, 0.5) is 5.69 Å². The molecule has 1 saturated heterocycles. The van der Waals surface area contributed by atoms with E-state index < -0.39 is 50.9 Å². The highest BCUT2D eigenvalue weighted by Gasteiger charge is 2.35. The van der Waals surface area contributed by atoms with Crippen LogP contribution in [0.2, 0.25) is 0 Å². The zero-order valence-corrected chi connectivity index (χ0v) is 21.3. The third-order valence-corrected chi connectivity index (χ3v) is 8.69. The maximum absolute atomic E-state index is 12.7. The van der Waals surface area contributed by atoms with E-state index in [1.165, 1.54) is 43.1 Å². The highest BCUT2D eigenvalue weighted by molar-refractivity contribution is 7.91. The molecule has 1 N–H and O–H groups in total. The first kappa shape index (κ1) is 27.7. The summed E-state index contributed by atoms with van der Waals surface area (Å²) in [6, 6.07) is 4.97. The van der Waals surface area contributed by atoms with Gasteiger partial charge in [-0.3, -0.25) is 14.4 Å². The van der Waals surface area contributed by atoms with E-state index >= 15 is 0 Å². The van der Waals surface area contributed by atoms with Gasteiger partial charge in [-0.1, -0.05) is 13.8 Å². The second-order valence-electron chi connectivity index (χ2n) is 8.62. The summed E-state index contributed by atoms with van der Waals surface area (Å²) in [6.07, 6.45) is 0.330. The first-order valence-corrected chi connectivity index (χ1v) is 14.0. The van der Waals surface area contributed by atoms with Crippen LogP contribution >= 0.6 is 0 Å². The fourth-order valence-corrected chi connectivity index (χ4v) is 6.35. The summed E-state index contributed by atoms with van der Waals surface area (Å²) in [5.41, 5.74) is 0.424. The zero-order valence-electron chi connectivity index (χ0n) is 19.7. The summed E-state index contributed by atoms with van der Waals surface area (Å²) in [6.45, 7) is 4.19. The number of nitrogens with one attached hydrogen (secondary N) is 1. The van der Waals surface area contributed by atoms with Gasteiger partial charge < -0.3 is 15.0 Å². The predicted octanol–water partition coefficient (Wildman–Crippen LogP) is 0.480. The highest BCUT2D eigenvalue weighted by Crippen LogP contribution is 2.20. The summed E-state index contributed by atoms with van der Waals surface area (Å²) in [5.74, 6) is -1.78. The molecule has 0 bridgehead atoms. The summed E-state index contributed by atoms with van der Waals surface area (Å²) in [7, 11) is -6.02. The molecule has 2 amide bonds. The van der Waals surface area contributed by atoms with Crippen LogP contribution in [0.5, 0.6) is 0 Å². The third kappa shape index (κ3) is 7.77. The van der Waals surface area contributed by atoms with Crippen molar-refractivity contribution in [3.63, 3.8) is 0 Å². The maximum Gasteiger partial charge on any atom is 0.321 e. The first-order chi connectivity index (χ1) is 15.7. The molecule has 2 rings (SSSR count). The van der Waals surface area contributed by atoms with Crippen molar-refractivity contribution >= 4 is 43.3 Å². The topological polar surface area (TPSA) is 147 Å². The Balaban J connectivity index is 1.96. The number of likely N-dealkylation sites (N-methyl/N-ethyl adjacent to an activating group) is 1. The molecule has 0 saturated carbocycles. The third-order valence-electron chi connectivity index (χ3n) is 5.12. The van der Waals surface area contributed by atoms with Gasteiger partial charge in [0.2, 0.25) is 15.9 Å². The van der Waals surface area contributed by atoms with Crippen molar-refractivity contribution in [2.75, 3.05) is 43.6 Å². The molecule has 1 aromatic carbocycles. The molecular formula is C21H31N3O8S2. The van der Waals surface area contributed by atoms with Crippen molar-refractivity contribution in [3.05, 3.63) is 24.3 Å². The van der Waals surface area contributed by atoms with Gasteiger partial charge >= 0.3 is 5.97 Å². The molecule has 11 nitrogen and oxygen atoms in total. The minimum Gasteiger partial charge on any atom is -0.455 e. The van der Waals surface area contributed by atoms with E-state index in [1.807, 2.05) is 13.8 Å². The van der Waals surface area contributed by atoms with Gasteiger partial charge in [-0.05, 0) is 36.6 Å². The minimum atomic E-state index is -4.02. The van der Waals surface area contributed by atoms with E-state index in [4.69, 9.17) is 4.74 Å². The van der Waals surface area contributed by atoms with E-state index in [-0.39, 0.29) is 28.2 Å². The Labute approximate surface area is 200 Å². The van der Waals surface area contributed by atoms with Gasteiger partial charge in [0.25, 0.3) is 5.91 Å². The lowest BCUT2D eigenvalue weighted by Gasteiger charge is -2.29. The number of benzene rings is 1. The van der Waals surface area contributed by atoms with E-state index in [0.717, 1.165) is 4.31 Å². The fourth-order valence-electron chi connectivity index (χ4n) is 3.50. The molecule has 1 heterocycles. The number of carbonyl (C=O) groups is 3. The predicted molar refractivity (Wildman–Crippen MR) is 125 cm³/mol. The number of nitrogens with zero attached hydrogens (tertiary/aromatic N) is 2. The number of amides is 2. The molecule has 1 aliphatic rings. The van der Waals surface area contributed by atoms with Gasteiger partial charge in [0, 0.05) is 32.2 Å². The average Bonchev–Trinajstić information content (AvgIpc) is 3.09. The Bertz CT molecular complexity index is 1120. The molecule has 190 valence electrons. The Morgan fingerprint density at radius 3 is 2.29 bits per heavy atom. The summed E-state index contributed by atoms with van der Waals surface area (Å²) >= 11 is 0. The molecule has 1 fully saturated rings. The van der Waals surface area contributed by atoms with Crippen LogP contribution in [-0.2, 0) is 39.0 Å². The smallest absolute Gasteiger partial charge is 0.321 e. The van der Waals surface area contributed by atoms with Crippen LogP contribution in [0.1, 0.15) is 27.2 Å². The Morgan fingerprint density at radius 1 is 1.18 bits per heavy atom. The lowest BCUT2D eigenvalue weighted by atomic mass is 10.1. The summed E-state index contributed by atoms with van der Waals surface area (Å²) in [5, 5.41) is 2.53. The van der Waals surface area contributed by atoms with Crippen LogP contribution in [0.3, 0.4) is 0 Å². The second-order valence-corrected chi connectivity index (χ2v) is 12.9. The van der Waals surface area contributed by atoms with E-state index in [1.54, 1.807) is 0 Å². The minimum absolute atomic E-state index is 0.00772. The van der Waals surface area contributed by atoms with Crippen LogP contribution in [0, 0.1) is 5.92 Å². The molecule has 0 aliphatic carbocycles. The molecule has 1 aliphatic heterocycles. The maximum atomic E-state index is 12.7. The highest BCUT2D eigenvalue weighted by atomic mass is 32.2. The summed E-state index contributed by atoms with van der Waals surface area (Å²) in [4.78, 5) is 37.4. The van der Waals surface area contributed by atoms with Crippen molar-refractivity contribution in [2.45, 2.75) is 38.1 Å². The molecule has 13 heteroatoms. The number of rotatable bonds is 10. The van der Waals surface area contributed by atoms with Crippen molar-refractivity contribution < 1.29 is 36.0 Å². The van der Waals surface area contributed by atoms with Gasteiger partial charge in [-0.15, -0.1) is 0 Å². The molecule has 0 unspecified atom stereocenters. The van der Waals surface area contributed by atoms with Crippen LogP contribution in [0.15, 0.2) is 29.2 Å². The number of sulfone groups is 1. The van der Waals surface area contributed by atoms with Gasteiger partial charge in [0.05, 0.1) is 16.4 Å². The van der Waals surface area contributed by atoms with Gasteiger partial charge in [-0.2, -0.15) is 4.31 Å². The average molecular weight is 518 g/mol. The van der Waals surface area contributed by atoms with E-state index in [2.05, 4.69) is 5.32 Å². The first-order valence-electron chi connectivity index (χ1n) is 10.7. The van der Waals surface area contributed by atoms with Crippen LogP contribution in [-0.4, -0.2) is 88.1 Å². The van der Waals surface area contributed by atoms with Crippen LogP contribution in [0.25, 0.3) is 0 Å². The molecule has 34 heavy (non-hydrogen) atoms. The normalized spacial score (nSPS) is 17.5. The van der Waals surface area contributed by atoms with Gasteiger partial charge in [0.15, 0.2) is 16.4 Å². The summed E-state index contributed by atoms with van der Waals surface area (Å²) < 4.78 is 54.8. The lowest BCUT2D eigenvalue weighted by Crippen LogP contribution is -2.45. The molecule has 0 spiro atoms. The largest absolute Gasteiger partial charge is 0.455 e. The van der Waals surface area contributed by atoms with Crippen LogP contribution < -0.4 is 5.32 Å². The van der Waals surface area contributed by atoms with Gasteiger partial charge in [0.1, 0.15) is 6.54 Å².